The number of nitrogens with zero attached hydrogens (tertiary/aromatic N) is 2. The molecule has 2 aromatic rings. The third-order valence-corrected chi connectivity index (χ3v) is 2.58. The van der Waals surface area contributed by atoms with Crippen molar-refractivity contribution in [2.45, 2.75) is 6.18 Å². The Morgan fingerprint density at radius 2 is 1.89 bits per heavy atom. The molecule has 0 radical (unpaired) electrons. The Kier molecular flexibility index (Phi) is 3.51. The van der Waals surface area contributed by atoms with Gasteiger partial charge in [-0.1, -0.05) is 12.1 Å². The van der Waals surface area contributed by atoms with Crippen LogP contribution in [0, 0.1) is 0 Å². The summed E-state index contributed by atoms with van der Waals surface area (Å²) in [4.78, 5) is 7.45. The number of benzene rings is 1. The largest absolute Gasteiger partial charge is 0.437 e. The number of para-hydroxylation sites is 1. The molecule has 2 rings (SSSR count). The average Bonchev–Trinajstić information content (AvgIpc) is 2.31. The number of aromatic nitrogens is 2. The summed E-state index contributed by atoms with van der Waals surface area (Å²) >= 11 is 3.10. The predicted octanol–water partition coefficient (Wildman–Crippen LogP) is 4.05. The fourth-order valence-electron chi connectivity index (χ4n) is 1.27. The van der Waals surface area contributed by atoms with Gasteiger partial charge in [0, 0.05) is 6.20 Å². The van der Waals surface area contributed by atoms with Crippen molar-refractivity contribution in [3.8, 4) is 11.6 Å². The van der Waals surface area contributed by atoms with Gasteiger partial charge >= 0.3 is 6.18 Å². The van der Waals surface area contributed by atoms with Crippen LogP contribution in [0.3, 0.4) is 0 Å². The average molecular weight is 319 g/mol. The second kappa shape index (κ2) is 4.93. The standard InChI is InChI=1S/C11H6BrF3N2O/c12-8-5-16-6-17-10(8)18-9-4-2-1-3-7(9)11(13,14)15/h1-6H. The molecule has 3 nitrogen and oxygen atoms in total. The van der Waals surface area contributed by atoms with Gasteiger partial charge in [-0.05, 0) is 28.1 Å². The highest BCUT2D eigenvalue weighted by Crippen LogP contribution is 2.38. The van der Waals surface area contributed by atoms with Crippen LogP contribution in [0.15, 0.2) is 41.3 Å². The molecule has 94 valence electrons. The van der Waals surface area contributed by atoms with E-state index in [-0.39, 0.29) is 11.6 Å². The highest BCUT2D eigenvalue weighted by atomic mass is 79.9. The summed E-state index contributed by atoms with van der Waals surface area (Å²) in [5, 5.41) is 0. The maximum Gasteiger partial charge on any atom is 0.419 e. The van der Waals surface area contributed by atoms with Crippen LogP contribution >= 0.6 is 15.9 Å². The molecule has 0 aliphatic carbocycles. The van der Waals surface area contributed by atoms with Gasteiger partial charge in [-0.2, -0.15) is 13.2 Å². The van der Waals surface area contributed by atoms with Crippen LogP contribution in [-0.2, 0) is 6.18 Å². The Morgan fingerprint density at radius 3 is 2.56 bits per heavy atom. The van der Waals surface area contributed by atoms with E-state index in [0.29, 0.717) is 4.47 Å². The molecule has 0 aliphatic rings. The maximum atomic E-state index is 12.7. The minimum atomic E-state index is -4.48. The summed E-state index contributed by atoms with van der Waals surface area (Å²) in [7, 11) is 0. The minimum Gasteiger partial charge on any atom is -0.437 e. The number of rotatable bonds is 2. The second-order valence-corrected chi connectivity index (χ2v) is 4.13. The number of halogens is 4. The predicted molar refractivity (Wildman–Crippen MR) is 61.3 cm³/mol. The van der Waals surface area contributed by atoms with Gasteiger partial charge in [-0.3, -0.25) is 0 Å². The molecule has 0 aliphatic heterocycles. The van der Waals surface area contributed by atoms with Crippen LogP contribution in [0.5, 0.6) is 11.6 Å². The second-order valence-electron chi connectivity index (χ2n) is 3.27. The van der Waals surface area contributed by atoms with E-state index in [4.69, 9.17) is 4.74 Å². The van der Waals surface area contributed by atoms with Crippen molar-refractivity contribution in [1.82, 2.24) is 9.97 Å². The van der Waals surface area contributed by atoms with E-state index in [2.05, 4.69) is 25.9 Å². The SMILES string of the molecule is FC(F)(F)c1ccccc1Oc1ncncc1Br. The van der Waals surface area contributed by atoms with Gasteiger partial charge in [-0.15, -0.1) is 0 Å². The highest BCUT2D eigenvalue weighted by Gasteiger charge is 2.34. The van der Waals surface area contributed by atoms with Crippen molar-refractivity contribution in [2.24, 2.45) is 0 Å². The molecular weight excluding hydrogens is 313 g/mol. The molecule has 1 heterocycles. The molecule has 18 heavy (non-hydrogen) atoms. The molecule has 0 unspecified atom stereocenters. The number of ether oxygens (including phenoxy) is 1. The van der Waals surface area contributed by atoms with E-state index in [9.17, 15) is 13.2 Å². The maximum absolute atomic E-state index is 12.7. The molecule has 0 saturated heterocycles. The Balaban J connectivity index is 2.39. The zero-order valence-electron chi connectivity index (χ0n) is 8.78. The molecular formula is C11H6BrF3N2O. The van der Waals surface area contributed by atoms with Gasteiger partial charge in [0.05, 0.1) is 10.0 Å². The molecule has 0 bridgehead atoms. The number of hydrogen-bond acceptors (Lipinski definition) is 3. The zero-order valence-corrected chi connectivity index (χ0v) is 10.4. The number of hydrogen-bond donors (Lipinski definition) is 0. The van der Waals surface area contributed by atoms with Crippen molar-refractivity contribution in [1.29, 1.82) is 0 Å². The van der Waals surface area contributed by atoms with Crippen molar-refractivity contribution in [3.63, 3.8) is 0 Å². The molecule has 0 fully saturated rings. The lowest BCUT2D eigenvalue weighted by atomic mass is 10.2. The quantitative estimate of drug-likeness (QED) is 0.837. The summed E-state index contributed by atoms with van der Waals surface area (Å²) < 4.78 is 43.7. The van der Waals surface area contributed by atoms with E-state index in [1.54, 1.807) is 0 Å². The smallest absolute Gasteiger partial charge is 0.419 e. The number of alkyl halides is 3. The summed E-state index contributed by atoms with van der Waals surface area (Å²) in [6, 6.07) is 4.94. The van der Waals surface area contributed by atoms with Crippen LogP contribution in [-0.4, -0.2) is 9.97 Å². The van der Waals surface area contributed by atoms with Gasteiger partial charge in [-0.25, -0.2) is 9.97 Å². The van der Waals surface area contributed by atoms with Gasteiger partial charge < -0.3 is 4.74 Å². The molecule has 1 aromatic heterocycles. The molecule has 0 saturated carbocycles. The Bertz CT molecular complexity index is 560. The van der Waals surface area contributed by atoms with Crippen molar-refractivity contribution in [3.05, 3.63) is 46.8 Å². The topological polar surface area (TPSA) is 35.0 Å². The van der Waals surface area contributed by atoms with Gasteiger partial charge in [0.25, 0.3) is 0 Å². The minimum absolute atomic E-state index is 0.0294. The monoisotopic (exact) mass is 318 g/mol. The third kappa shape index (κ3) is 2.79. The molecule has 0 amide bonds. The van der Waals surface area contributed by atoms with Gasteiger partial charge in [0.1, 0.15) is 12.1 Å². The summed E-state index contributed by atoms with van der Waals surface area (Å²) in [5.74, 6) is -0.272. The van der Waals surface area contributed by atoms with Gasteiger partial charge in [0.15, 0.2) is 0 Å². The lowest BCUT2D eigenvalue weighted by Crippen LogP contribution is -2.07. The van der Waals surface area contributed by atoms with E-state index < -0.39 is 11.7 Å². The molecule has 7 heteroatoms. The highest BCUT2D eigenvalue weighted by molar-refractivity contribution is 9.10. The fraction of sp³-hybridized carbons (Fsp3) is 0.0909. The first-order valence-corrected chi connectivity index (χ1v) is 5.57. The zero-order chi connectivity index (χ0) is 13.2. The van der Waals surface area contributed by atoms with E-state index in [1.807, 2.05) is 0 Å². The Hall–Kier alpha value is -1.63. The third-order valence-electron chi connectivity index (χ3n) is 2.03. The molecule has 0 spiro atoms. The first kappa shape index (κ1) is 12.8. The molecule has 1 aromatic carbocycles. The van der Waals surface area contributed by atoms with Gasteiger partial charge in [0.2, 0.25) is 5.88 Å². The summed E-state index contributed by atoms with van der Waals surface area (Å²) in [6.45, 7) is 0. The summed E-state index contributed by atoms with van der Waals surface area (Å²) in [6.07, 6.45) is -1.90. The summed E-state index contributed by atoms with van der Waals surface area (Å²) in [5.41, 5.74) is -0.851. The lowest BCUT2D eigenvalue weighted by molar-refractivity contribution is -0.138. The van der Waals surface area contributed by atoms with E-state index in [1.165, 1.54) is 30.7 Å². The van der Waals surface area contributed by atoms with Crippen LogP contribution in [0.2, 0.25) is 0 Å². The molecule has 0 N–H and O–H groups in total. The van der Waals surface area contributed by atoms with Crippen LogP contribution in [0.25, 0.3) is 0 Å². The van der Waals surface area contributed by atoms with Crippen molar-refractivity contribution < 1.29 is 17.9 Å². The Morgan fingerprint density at radius 1 is 1.17 bits per heavy atom. The lowest BCUT2D eigenvalue weighted by Gasteiger charge is -2.13. The first-order chi connectivity index (χ1) is 8.48. The van der Waals surface area contributed by atoms with Crippen molar-refractivity contribution >= 4 is 15.9 Å². The molecule has 0 atom stereocenters. The van der Waals surface area contributed by atoms with E-state index in [0.717, 1.165) is 6.07 Å². The normalized spacial score (nSPS) is 11.3. The first-order valence-electron chi connectivity index (χ1n) is 4.78. The van der Waals surface area contributed by atoms with Crippen molar-refractivity contribution in [2.75, 3.05) is 0 Å². The van der Waals surface area contributed by atoms with E-state index >= 15 is 0 Å². The van der Waals surface area contributed by atoms with Crippen LogP contribution in [0.1, 0.15) is 5.56 Å². The van der Waals surface area contributed by atoms with Crippen LogP contribution in [0.4, 0.5) is 13.2 Å². The Labute approximate surface area is 109 Å². The van der Waals surface area contributed by atoms with Crippen LogP contribution < -0.4 is 4.74 Å². The fourth-order valence-corrected chi connectivity index (χ4v) is 1.57.